The van der Waals surface area contributed by atoms with Crippen LogP contribution >= 0.6 is 0 Å². The number of ether oxygens (including phenoxy) is 2. The molecule has 15 heavy (non-hydrogen) atoms. The van der Waals surface area contributed by atoms with Crippen molar-refractivity contribution < 1.29 is 16.3 Å². The highest BCUT2D eigenvalue weighted by molar-refractivity contribution is 5.88. The molecule has 0 aliphatic carbocycles. The van der Waals surface area contributed by atoms with Crippen LogP contribution in [0.3, 0.4) is 0 Å². The molecule has 1 aromatic rings. The minimum atomic E-state index is -2.00. The number of amidine groups is 1. The van der Waals surface area contributed by atoms with Crippen molar-refractivity contribution in [1.82, 2.24) is 5.32 Å². The lowest BCUT2D eigenvalue weighted by Gasteiger charge is -2.26. The molecule has 2 aliphatic rings. The molecule has 1 N–H and O–H groups in total. The quantitative estimate of drug-likeness (QED) is 0.745. The van der Waals surface area contributed by atoms with Gasteiger partial charge in [-0.1, -0.05) is 12.1 Å². The first-order valence-electron chi connectivity index (χ1n) is 7.14. The maximum Gasteiger partial charge on any atom is 0.189 e. The van der Waals surface area contributed by atoms with Crippen LogP contribution in [0.15, 0.2) is 29.2 Å². The normalized spacial score (nSPS) is 36.3. The van der Waals surface area contributed by atoms with Crippen LogP contribution < -0.4 is 14.8 Å². The standard InChI is InChI=1S/C11H12N2O2/c1-2-4-9-8(3-1)14-7-10(15-9)11-12-5-6-13-11/h1-4,10H,5-7H2,(H,12,13)/i1D,2D,5D,6D2. The largest absolute Gasteiger partial charge is 0.485 e. The highest BCUT2D eigenvalue weighted by Gasteiger charge is 2.26. The Morgan fingerprint density at radius 2 is 2.33 bits per heavy atom. The van der Waals surface area contributed by atoms with Gasteiger partial charge in [0.25, 0.3) is 0 Å². The first kappa shape index (κ1) is 4.88. The predicted octanol–water partition coefficient (Wildman–Crippen LogP) is 0.828. The lowest BCUT2D eigenvalue weighted by Crippen LogP contribution is -2.42. The van der Waals surface area contributed by atoms with E-state index in [2.05, 4.69) is 10.3 Å². The summed E-state index contributed by atoms with van der Waals surface area (Å²) in [4.78, 5) is 3.80. The second-order valence-corrected chi connectivity index (χ2v) is 3.14. The lowest BCUT2D eigenvalue weighted by molar-refractivity contribution is 0.133. The highest BCUT2D eigenvalue weighted by Crippen LogP contribution is 2.31. The van der Waals surface area contributed by atoms with Gasteiger partial charge >= 0.3 is 0 Å². The van der Waals surface area contributed by atoms with Gasteiger partial charge < -0.3 is 14.8 Å². The van der Waals surface area contributed by atoms with Gasteiger partial charge in [0.2, 0.25) is 0 Å². The van der Waals surface area contributed by atoms with Gasteiger partial charge in [-0.25, -0.2) is 0 Å². The number of rotatable bonds is 1. The van der Waals surface area contributed by atoms with E-state index in [0.717, 1.165) is 0 Å². The topological polar surface area (TPSA) is 42.8 Å². The van der Waals surface area contributed by atoms with Crippen LogP contribution in [0.5, 0.6) is 11.5 Å². The summed E-state index contributed by atoms with van der Waals surface area (Å²) in [5.41, 5.74) is 0. The molecule has 2 aliphatic heterocycles. The first-order valence-corrected chi connectivity index (χ1v) is 4.56. The third-order valence-corrected chi connectivity index (χ3v) is 2.17. The van der Waals surface area contributed by atoms with E-state index in [0.29, 0.717) is 11.5 Å². The van der Waals surface area contributed by atoms with Gasteiger partial charge in [0.15, 0.2) is 17.6 Å². The van der Waals surface area contributed by atoms with E-state index < -0.39 is 19.1 Å². The first-order chi connectivity index (χ1) is 9.37. The number of nitrogens with zero attached hydrogens (tertiary/aromatic N) is 1. The van der Waals surface area contributed by atoms with Crippen molar-refractivity contribution >= 4 is 5.84 Å². The Hall–Kier alpha value is -1.71. The zero-order chi connectivity index (χ0) is 14.5. The Balaban J connectivity index is 1.85. The van der Waals surface area contributed by atoms with E-state index in [1.807, 2.05) is 0 Å². The van der Waals surface area contributed by atoms with Crippen molar-refractivity contribution in [1.29, 1.82) is 0 Å². The fraction of sp³-hybridized carbons (Fsp3) is 0.364. The zero-order valence-corrected chi connectivity index (χ0v) is 7.78. The summed E-state index contributed by atoms with van der Waals surface area (Å²) in [6, 6.07) is 2.85. The molecular formula is C11H12N2O2. The average Bonchev–Trinajstić information content (AvgIpc) is 2.65. The van der Waals surface area contributed by atoms with Crippen molar-refractivity contribution in [2.75, 3.05) is 19.6 Å². The van der Waals surface area contributed by atoms with Crippen LogP contribution in [0, 0.1) is 0 Å². The Morgan fingerprint density at radius 1 is 1.47 bits per heavy atom. The summed E-state index contributed by atoms with van der Waals surface area (Å²) in [5.74, 6) is 0.925. The highest BCUT2D eigenvalue weighted by atomic mass is 16.6. The van der Waals surface area contributed by atoms with Crippen molar-refractivity contribution in [2.45, 2.75) is 6.10 Å². The van der Waals surface area contributed by atoms with Gasteiger partial charge in [0.05, 0.1) is 13.4 Å². The third-order valence-electron chi connectivity index (χ3n) is 2.17. The van der Waals surface area contributed by atoms with Crippen LogP contribution in [0.1, 0.15) is 6.85 Å². The minimum Gasteiger partial charge on any atom is -0.485 e. The van der Waals surface area contributed by atoms with E-state index in [4.69, 9.17) is 16.3 Å². The number of nitrogens with one attached hydrogen (secondary N) is 1. The Kier molecular flexibility index (Phi) is 1.12. The molecule has 78 valence electrons. The van der Waals surface area contributed by atoms with E-state index in [1.165, 1.54) is 12.1 Å². The van der Waals surface area contributed by atoms with E-state index in [9.17, 15) is 0 Å². The Morgan fingerprint density at radius 3 is 3.13 bits per heavy atom. The Bertz CT molecular complexity index is 592. The smallest absolute Gasteiger partial charge is 0.189 e. The summed E-state index contributed by atoms with van der Waals surface area (Å²) in [6.07, 6.45) is -0.649. The number of benzene rings is 1. The third kappa shape index (κ3) is 1.52. The number of fused-ring (bicyclic) bond motifs is 1. The molecule has 0 fully saturated rings. The number of aliphatic imine (C=N–C) groups is 1. The molecule has 0 saturated carbocycles. The fourth-order valence-corrected chi connectivity index (χ4v) is 1.45. The molecular weight excluding hydrogens is 192 g/mol. The van der Waals surface area contributed by atoms with Crippen molar-refractivity contribution in [3.05, 3.63) is 24.2 Å². The second-order valence-electron chi connectivity index (χ2n) is 3.14. The van der Waals surface area contributed by atoms with E-state index >= 15 is 0 Å². The summed E-state index contributed by atoms with van der Waals surface area (Å²) in [6.45, 7) is -3.06. The molecule has 0 saturated heterocycles. The van der Waals surface area contributed by atoms with Crippen LogP contribution in [0.4, 0.5) is 0 Å². The number of para-hydroxylation sites is 2. The maximum atomic E-state index is 7.57. The van der Waals surface area contributed by atoms with Gasteiger partial charge in [-0.15, -0.1) is 0 Å². The van der Waals surface area contributed by atoms with Crippen molar-refractivity contribution in [3.63, 3.8) is 0 Å². The molecule has 0 aromatic heterocycles. The molecule has 0 amide bonds. The fourth-order valence-electron chi connectivity index (χ4n) is 1.45. The minimum absolute atomic E-state index is 0.0167. The SMILES string of the molecule is [2H]c1cc2c(cc1[2H])OC(C1=NC([2H])([2H])C([2H])N1)CO2. The molecule has 4 heteroatoms. The molecule has 2 unspecified atom stereocenters. The summed E-state index contributed by atoms with van der Waals surface area (Å²) < 4.78 is 48.8. The van der Waals surface area contributed by atoms with Crippen LogP contribution in [0.25, 0.3) is 0 Å². The number of hydrogen-bond acceptors (Lipinski definition) is 4. The molecule has 0 spiro atoms. The zero-order valence-electron chi connectivity index (χ0n) is 12.8. The van der Waals surface area contributed by atoms with Gasteiger partial charge in [-0.3, -0.25) is 4.99 Å². The van der Waals surface area contributed by atoms with Crippen LogP contribution in [0.2, 0.25) is 0 Å². The molecule has 2 heterocycles. The van der Waals surface area contributed by atoms with Gasteiger partial charge in [-0.2, -0.15) is 0 Å². The monoisotopic (exact) mass is 209 g/mol. The van der Waals surface area contributed by atoms with Crippen LogP contribution in [-0.2, 0) is 0 Å². The van der Waals surface area contributed by atoms with Gasteiger partial charge in [-0.05, 0) is 12.1 Å². The molecule has 0 radical (unpaired) electrons. The van der Waals surface area contributed by atoms with E-state index in [1.54, 1.807) is 0 Å². The molecule has 0 bridgehead atoms. The van der Waals surface area contributed by atoms with Gasteiger partial charge in [0, 0.05) is 6.52 Å². The second kappa shape index (κ2) is 3.46. The van der Waals surface area contributed by atoms with E-state index in [-0.39, 0.29) is 24.5 Å². The van der Waals surface area contributed by atoms with Crippen LogP contribution in [-0.4, -0.2) is 31.6 Å². The summed E-state index contributed by atoms with van der Waals surface area (Å²) in [5, 5.41) is 2.62. The molecule has 3 rings (SSSR count). The van der Waals surface area contributed by atoms with Crippen molar-refractivity contribution in [2.24, 2.45) is 4.99 Å². The summed E-state index contributed by atoms with van der Waals surface area (Å²) in [7, 11) is 0. The van der Waals surface area contributed by atoms with Crippen molar-refractivity contribution in [3.8, 4) is 11.5 Å². The average molecular weight is 209 g/mol. The maximum absolute atomic E-state index is 7.57. The lowest BCUT2D eigenvalue weighted by atomic mass is 10.2. The predicted molar refractivity (Wildman–Crippen MR) is 56.7 cm³/mol. The molecule has 2 atom stereocenters. The number of hydrogen-bond donors (Lipinski definition) is 1. The van der Waals surface area contributed by atoms with Gasteiger partial charge in [0.1, 0.15) is 12.4 Å². The Labute approximate surface area is 94.9 Å². The molecule has 4 nitrogen and oxygen atoms in total. The summed E-state index contributed by atoms with van der Waals surface area (Å²) >= 11 is 0. The molecule has 1 aromatic carbocycles.